The van der Waals surface area contributed by atoms with Crippen LogP contribution in [0.3, 0.4) is 0 Å². The molecule has 0 radical (unpaired) electrons. The van der Waals surface area contributed by atoms with Crippen molar-refractivity contribution < 1.29 is 9.90 Å². The van der Waals surface area contributed by atoms with Crippen molar-refractivity contribution in [3.63, 3.8) is 0 Å². The van der Waals surface area contributed by atoms with Crippen LogP contribution in [0.2, 0.25) is 0 Å². The van der Waals surface area contributed by atoms with Crippen molar-refractivity contribution in [3.05, 3.63) is 64.8 Å². The molecule has 2 N–H and O–H groups in total. The summed E-state index contributed by atoms with van der Waals surface area (Å²) < 4.78 is 0.629. The van der Waals surface area contributed by atoms with E-state index in [1.807, 2.05) is 42.5 Å². The molecule has 0 saturated heterocycles. The number of hydrogen-bond acceptors (Lipinski definition) is 3. The van der Waals surface area contributed by atoms with Gasteiger partial charge in [-0.15, -0.1) is 0 Å². The number of nitrogens with one attached hydrogen (secondary N) is 1. The molecule has 4 nitrogen and oxygen atoms in total. The highest BCUT2D eigenvalue weighted by Gasteiger charge is 2.12. The second-order valence-electron chi connectivity index (χ2n) is 4.54. The number of halogens is 1. The highest BCUT2D eigenvalue weighted by molar-refractivity contribution is 9.10. The number of aromatic carboxylic acids is 1. The number of anilines is 2. The van der Waals surface area contributed by atoms with Gasteiger partial charge in [-0.05, 0) is 44.9 Å². The summed E-state index contributed by atoms with van der Waals surface area (Å²) in [7, 11) is 0. The summed E-state index contributed by atoms with van der Waals surface area (Å²) in [5, 5.41) is 14.5. The first-order valence-corrected chi connectivity index (χ1v) is 7.07. The third kappa shape index (κ3) is 2.87. The minimum atomic E-state index is -1.02. The van der Waals surface area contributed by atoms with Gasteiger partial charge in [0.05, 0.1) is 0 Å². The molecule has 0 bridgehead atoms. The molecule has 0 atom stereocenters. The van der Waals surface area contributed by atoms with Gasteiger partial charge in [0.1, 0.15) is 11.4 Å². The Labute approximate surface area is 129 Å². The van der Waals surface area contributed by atoms with Gasteiger partial charge in [0, 0.05) is 16.4 Å². The van der Waals surface area contributed by atoms with Crippen LogP contribution in [0.15, 0.2) is 59.2 Å². The molecule has 5 heteroatoms. The average Bonchev–Trinajstić information content (AvgIpc) is 2.49. The second kappa shape index (κ2) is 5.54. The smallest absolute Gasteiger partial charge is 0.339 e. The molecule has 0 saturated carbocycles. The maximum Gasteiger partial charge on any atom is 0.339 e. The molecule has 3 rings (SSSR count). The average molecular weight is 343 g/mol. The Bertz CT molecular complexity index is 833. The number of fused-ring (bicyclic) bond motifs is 1. The van der Waals surface area contributed by atoms with Gasteiger partial charge in [-0.2, -0.15) is 0 Å². The zero-order valence-electron chi connectivity index (χ0n) is 10.9. The minimum absolute atomic E-state index is 0.123. The molecule has 0 amide bonds. The van der Waals surface area contributed by atoms with Crippen molar-refractivity contribution in [2.75, 3.05) is 5.32 Å². The van der Waals surface area contributed by atoms with Gasteiger partial charge in [-0.3, -0.25) is 0 Å². The molecule has 0 spiro atoms. The van der Waals surface area contributed by atoms with Crippen LogP contribution in [-0.2, 0) is 0 Å². The second-order valence-corrected chi connectivity index (χ2v) is 5.46. The van der Waals surface area contributed by atoms with E-state index in [4.69, 9.17) is 0 Å². The molecule has 0 fully saturated rings. The lowest BCUT2D eigenvalue weighted by molar-refractivity contribution is 0.0697. The molecule has 104 valence electrons. The Kier molecular flexibility index (Phi) is 3.58. The van der Waals surface area contributed by atoms with E-state index in [2.05, 4.69) is 26.2 Å². The maximum absolute atomic E-state index is 11.3. The van der Waals surface area contributed by atoms with Crippen LogP contribution in [0.1, 0.15) is 10.4 Å². The first-order valence-electron chi connectivity index (χ1n) is 6.28. The number of carboxylic acid groups (broad SMARTS) is 1. The lowest BCUT2D eigenvalue weighted by Gasteiger charge is -2.09. The number of rotatable bonds is 3. The molecular weight excluding hydrogens is 332 g/mol. The molecule has 3 aromatic rings. The molecule has 1 aromatic heterocycles. The van der Waals surface area contributed by atoms with Crippen molar-refractivity contribution in [1.29, 1.82) is 0 Å². The van der Waals surface area contributed by atoms with Crippen molar-refractivity contribution in [3.8, 4) is 0 Å². The number of nitrogens with zero attached hydrogens (tertiary/aromatic N) is 1. The van der Waals surface area contributed by atoms with Gasteiger partial charge < -0.3 is 10.4 Å². The molecule has 2 aromatic carbocycles. The van der Waals surface area contributed by atoms with Gasteiger partial charge in [-0.1, -0.05) is 30.3 Å². The lowest BCUT2D eigenvalue weighted by Crippen LogP contribution is -2.04. The predicted octanol–water partition coefficient (Wildman–Crippen LogP) is 4.44. The Morgan fingerprint density at radius 3 is 2.62 bits per heavy atom. The number of aromatic nitrogens is 1. The monoisotopic (exact) mass is 342 g/mol. The Hall–Kier alpha value is -2.40. The van der Waals surface area contributed by atoms with Gasteiger partial charge in [0.15, 0.2) is 0 Å². The fourth-order valence-corrected chi connectivity index (χ4v) is 2.44. The number of carboxylic acids is 1. The number of benzene rings is 2. The molecule has 21 heavy (non-hydrogen) atoms. The lowest BCUT2D eigenvalue weighted by atomic mass is 10.1. The topological polar surface area (TPSA) is 62.2 Å². The fourth-order valence-electron chi connectivity index (χ4n) is 2.11. The first kappa shape index (κ1) is 13.6. The number of hydrogen-bond donors (Lipinski definition) is 2. The molecule has 0 aliphatic heterocycles. The molecule has 0 unspecified atom stereocenters. The molecule has 1 heterocycles. The van der Waals surface area contributed by atoms with E-state index >= 15 is 0 Å². The van der Waals surface area contributed by atoms with Crippen LogP contribution in [0.25, 0.3) is 10.8 Å². The first-order chi connectivity index (χ1) is 10.1. The van der Waals surface area contributed by atoms with Crippen LogP contribution >= 0.6 is 15.9 Å². The van der Waals surface area contributed by atoms with E-state index in [1.54, 1.807) is 6.20 Å². The summed E-state index contributed by atoms with van der Waals surface area (Å²) in [6.07, 6.45) is 1.57. The van der Waals surface area contributed by atoms with Crippen LogP contribution < -0.4 is 5.32 Å². The molecule has 0 aliphatic carbocycles. The van der Waals surface area contributed by atoms with Gasteiger partial charge in [0.25, 0.3) is 0 Å². The Morgan fingerprint density at radius 2 is 1.86 bits per heavy atom. The summed E-state index contributed by atoms with van der Waals surface area (Å²) in [6.45, 7) is 0. The van der Waals surface area contributed by atoms with E-state index in [-0.39, 0.29) is 5.56 Å². The van der Waals surface area contributed by atoms with Crippen LogP contribution in [0, 0.1) is 0 Å². The van der Waals surface area contributed by atoms with E-state index in [9.17, 15) is 9.90 Å². The number of pyridine rings is 1. The van der Waals surface area contributed by atoms with Crippen LogP contribution in [0.4, 0.5) is 11.5 Å². The van der Waals surface area contributed by atoms with Crippen molar-refractivity contribution in [2.24, 2.45) is 0 Å². The zero-order chi connectivity index (χ0) is 14.8. The van der Waals surface area contributed by atoms with Gasteiger partial charge >= 0.3 is 5.97 Å². The fraction of sp³-hybridized carbons (Fsp3) is 0. The largest absolute Gasteiger partial charge is 0.478 e. The van der Waals surface area contributed by atoms with E-state index in [1.165, 1.54) is 6.07 Å². The Balaban J connectivity index is 2.00. The summed E-state index contributed by atoms with van der Waals surface area (Å²) in [4.78, 5) is 15.4. The zero-order valence-corrected chi connectivity index (χ0v) is 12.5. The highest BCUT2D eigenvalue weighted by Crippen LogP contribution is 2.24. The standard InChI is InChI=1S/C16H11BrN2O2/c17-12-8-14(16(20)21)15(18-9-12)19-13-6-5-10-3-1-2-4-11(10)7-13/h1-9H,(H,18,19)(H,20,21). The minimum Gasteiger partial charge on any atom is -0.478 e. The number of carbonyl (C=O) groups is 1. The normalized spacial score (nSPS) is 10.5. The van der Waals surface area contributed by atoms with Gasteiger partial charge in [-0.25, -0.2) is 9.78 Å². The third-order valence-electron chi connectivity index (χ3n) is 3.10. The van der Waals surface area contributed by atoms with E-state index in [0.717, 1.165) is 16.5 Å². The Morgan fingerprint density at radius 1 is 1.10 bits per heavy atom. The van der Waals surface area contributed by atoms with Crippen LogP contribution in [-0.4, -0.2) is 16.1 Å². The summed E-state index contributed by atoms with van der Waals surface area (Å²) in [6, 6.07) is 15.4. The van der Waals surface area contributed by atoms with E-state index < -0.39 is 5.97 Å². The third-order valence-corrected chi connectivity index (χ3v) is 3.53. The SMILES string of the molecule is O=C(O)c1cc(Br)cnc1Nc1ccc2ccccc2c1. The molecule has 0 aliphatic rings. The van der Waals surface area contributed by atoms with E-state index in [0.29, 0.717) is 10.3 Å². The highest BCUT2D eigenvalue weighted by atomic mass is 79.9. The van der Waals surface area contributed by atoms with Crippen molar-refractivity contribution in [2.45, 2.75) is 0 Å². The van der Waals surface area contributed by atoms with Gasteiger partial charge in [0.2, 0.25) is 0 Å². The van der Waals surface area contributed by atoms with Crippen molar-refractivity contribution in [1.82, 2.24) is 4.98 Å². The summed E-state index contributed by atoms with van der Waals surface area (Å²) >= 11 is 3.23. The molecular formula is C16H11BrN2O2. The maximum atomic E-state index is 11.3. The summed E-state index contributed by atoms with van der Waals surface area (Å²) in [5.74, 6) is -0.701. The quantitative estimate of drug-likeness (QED) is 0.738. The summed E-state index contributed by atoms with van der Waals surface area (Å²) in [5.41, 5.74) is 0.920. The van der Waals surface area contributed by atoms with Crippen molar-refractivity contribution >= 4 is 44.2 Å². The predicted molar refractivity (Wildman–Crippen MR) is 86.1 cm³/mol. The van der Waals surface area contributed by atoms with Crippen LogP contribution in [0.5, 0.6) is 0 Å².